The van der Waals surface area contributed by atoms with Crippen molar-refractivity contribution in [2.45, 2.75) is 62.5 Å². The van der Waals surface area contributed by atoms with Crippen LogP contribution in [-0.4, -0.2) is 48.4 Å². The standard InChI is InChI=1S/C14H24N2O2S/c1-2-17-11-6-3-7-12-13(11)16-14(19-12)15-9-10-5-4-8-18-10/h10-13H,2-9H2,1H3,(H,15,16)/p+1/t10-,11?,12?,13?/m0/s1. The maximum absolute atomic E-state index is 5.88. The third-order valence-electron chi connectivity index (χ3n) is 4.24. The Morgan fingerprint density at radius 1 is 1.37 bits per heavy atom. The van der Waals surface area contributed by atoms with Gasteiger partial charge in [-0.1, -0.05) is 0 Å². The van der Waals surface area contributed by atoms with Gasteiger partial charge in [0.1, 0.15) is 12.6 Å². The number of nitrogens with one attached hydrogen (secondary N) is 2. The quantitative estimate of drug-likeness (QED) is 0.778. The zero-order valence-electron chi connectivity index (χ0n) is 11.7. The van der Waals surface area contributed by atoms with Crippen molar-refractivity contribution in [2.24, 2.45) is 0 Å². The van der Waals surface area contributed by atoms with Gasteiger partial charge in [-0.15, -0.1) is 0 Å². The summed E-state index contributed by atoms with van der Waals surface area (Å²) in [6.07, 6.45) is 6.98. The summed E-state index contributed by atoms with van der Waals surface area (Å²) in [5.74, 6) is 0. The summed E-state index contributed by atoms with van der Waals surface area (Å²) in [7, 11) is 0. The lowest BCUT2D eigenvalue weighted by Crippen LogP contribution is -2.77. The van der Waals surface area contributed by atoms with E-state index in [1.165, 1.54) is 37.3 Å². The summed E-state index contributed by atoms with van der Waals surface area (Å²) in [6, 6.07) is 0.491. The van der Waals surface area contributed by atoms with Gasteiger partial charge in [0.15, 0.2) is 0 Å². The van der Waals surface area contributed by atoms with E-state index in [9.17, 15) is 0 Å². The molecule has 2 aliphatic heterocycles. The number of hydrogen-bond donors (Lipinski definition) is 2. The monoisotopic (exact) mass is 285 g/mol. The third-order valence-corrected chi connectivity index (χ3v) is 5.57. The Labute approximate surface area is 119 Å². The summed E-state index contributed by atoms with van der Waals surface area (Å²) in [4.78, 5) is 3.53. The average Bonchev–Trinajstić information content (AvgIpc) is 3.06. The molecule has 0 amide bonds. The number of amidine groups is 1. The molecule has 5 heteroatoms. The first kappa shape index (κ1) is 13.7. The molecule has 0 radical (unpaired) electrons. The molecule has 0 aromatic carbocycles. The van der Waals surface area contributed by atoms with Crippen molar-refractivity contribution < 1.29 is 14.5 Å². The van der Waals surface area contributed by atoms with Gasteiger partial charge in [-0.3, -0.25) is 10.3 Å². The van der Waals surface area contributed by atoms with Crippen LogP contribution in [0.25, 0.3) is 0 Å². The van der Waals surface area contributed by atoms with E-state index < -0.39 is 0 Å². The van der Waals surface area contributed by atoms with E-state index in [1.54, 1.807) is 0 Å². The molecule has 1 aliphatic carbocycles. The average molecular weight is 285 g/mol. The number of fused-ring (bicyclic) bond motifs is 1. The van der Waals surface area contributed by atoms with Gasteiger partial charge in [0, 0.05) is 13.2 Å². The predicted octanol–water partition coefficient (Wildman–Crippen LogP) is 0.265. The summed E-state index contributed by atoms with van der Waals surface area (Å²) < 4.78 is 11.5. The molecule has 4 atom stereocenters. The van der Waals surface area contributed by atoms with E-state index in [0.717, 1.165) is 19.8 Å². The zero-order chi connectivity index (χ0) is 13.1. The highest BCUT2D eigenvalue weighted by molar-refractivity contribution is 8.14. The minimum Gasteiger partial charge on any atom is -0.374 e. The predicted molar refractivity (Wildman–Crippen MR) is 77.4 cm³/mol. The fourth-order valence-corrected chi connectivity index (χ4v) is 4.63. The van der Waals surface area contributed by atoms with Crippen LogP contribution in [0, 0.1) is 0 Å². The molecule has 3 rings (SSSR count). The molecule has 4 nitrogen and oxygen atoms in total. The maximum atomic E-state index is 5.88. The first-order chi connectivity index (χ1) is 9.36. The van der Waals surface area contributed by atoms with Crippen LogP contribution in [0.5, 0.6) is 0 Å². The molecule has 2 saturated heterocycles. The van der Waals surface area contributed by atoms with Crippen molar-refractivity contribution in [1.82, 2.24) is 5.32 Å². The fourth-order valence-electron chi connectivity index (χ4n) is 3.28. The smallest absolute Gasteiger partial charge is 0.304 e. The second-order valence-electron chi connectivity index (χ2n) is 5.60. The molecule has 2 heterocycles. The van der Waals surface area contributed by atoms with Crippen LogP contribution in [-0.2, 0) is 9.47 Å². The minimum atomic E-state index is 0.387. The van der Waals surface area contributed by atoms with E-state index in [0.29, 0.717) is 23.5 Å². The largest absolute Gasteiger partial charge is 0.374 e. The Morgan fingerprint density at radius 3 is 3.11 bits per heavy atom. The molecule has 3 aliphatic rings. The molecule has 0 aromatic heterocycles. The Hall–Kier alpha value is -0.260. The number of rotatable bonds is 4. The summed E-state index contributed by atoms with van der Waals surface area (Å²) >= 11 is 1.97. The normalized spacial score (nSPS) is 40.4. The van der Waals surface area contributed by atoms with E-state index >= 15 is 0 Å². The Balaban J connectivity index is 1.56. The molecule has 3 unspecified atom stereocenters. The highest BCUT2D eigenvalue weighted by Crippen LogP contribution is 2.34. The van der Waals surface area contributed by atoms with E-state index in [2.05, 4.69) is 17.2 Å². The topological polar surface area (TPSA) is 44.5 Å². The second kappa shape index (κ2) is 6.46. The summed E-state index contributed by atoms with van der Waals surface area (Å²) in [5.41, 5.74) is 0. The minimum absolute atomic E-state index is 0.387. The van der Waals surface area contributed by atoms with Crippen LogP contribution in [0.2, 0.25) is 0 Å². The number of hydrogen-bond acceptors (Lipinski definition) is 3. The van der Waals surface area contributed by atoms with Crippen LogP contribution in [0.1, 0.15) is 39.0 Å². The Kier molecular flexibility index (Phi) is 4.66. The fraction of sp³-hybridized carbons (Fsp3) is 0.929. The summed E-state index contributed by atoms with van der Waals surface area (Å²) in [5, 5.41) is 5.55. The lowest BCUT2D eigenvalue weighted by molar-refractivity contribution is -0.467. The molecule has 3 fully saturated rings. The zero-order valence-corrected chi connectivity index (χ0v) is 12.5. The SMILES string of the molecule is CCOC1CCCC2SC(=[NH+]C[C@@H]3CCCO3)NC12. The van der Waals surface area contributed by atoms with Crippen LogP contribution in [0.3, 0.4) is 0 Å². The van der Waals surface area contributed by atoms with Crippen molar-refractivity contribution in [1.29, 1.82) is 0 Å². The molecule has 108 valence electrons. The third kappa shape index (κ3) is 3.26. The highest BCUT2D eigenvalue weighted by Gasteiger charge is 2.45. The van der Waals surface area contributed by atoms with Gasteiger partial charge in [-0.2, -0.15) is 0 Å². The first-order valence-electron chi connectivity index (χ1n) is 7.64. The summed E-state index contributed by atoms with van der Waals surface area (Å²) in [6.45, 7) is 4.78. The Bertz CT molecular complexity index is 329. The molecule has 1 saturated carbocycles. The van der Waals surface area contributed by atoms with Crippen LogP contribution < -0.4 is 10.3 Å². The Morgan fingerprint density at radius 2 is 2.32 bits per heavy atom. The van der Waals surface area contributed by atoms with Crippen LogP contribution in [0.15, 0.2) is 0 Å². The lowest BCUT2D eigenvalue weighted by Gasteiger charge is -2.29. The van der Waals surface area contributed by atoms with Gasteiger partial charge < -0.3 is 9.47 Å². The molecule has 2 N–H and O–H groups in total. The van der Waals surface area contributed by atoms with Gasteiger partial charge in [0.2, 0.25) is 0 Å². The van der Waals surface area contributed by atoms with Gasteiger partial charge >= 0.3 is 5.17 Å². The maximum Gasteiger partial charge on any atom is 0.304 e. The second-order valence-corrected chi connectivity index (χ2v) is 6.85. The van der Waals surface area contributed by atoms with Crippen LogP contribution >= 0.6 is 11.8 Å². The van der Waals surface area contributed by atoms with Crippen molar-refractivity contribution in [3.05, 3.63) is 0 Å². The molecule has 0 bridgehead atoms. The van der Waals surface area contributed by atoms with E-state index in [1.807, 2.05) is 11.8 Å². The number of thioether (sulfide) groups is 1. The van der Waals surface area contributed by atoms with E-state index in [4.69, 9.17) is 9.47 Å². The van der Waals surface area contributed by atoms with Gasteiger partial charge in [0.25, 0.3) is 0 Å². The molecule has 0 aromatic rings. The molecule has 0 spiro atoms. The number of ether oxygens (including phenoxy) is 2. The van der Waals surface area contributed by atoms with Crippen molar-refractivity contribution in [3.8, 4) is 0 Å². The van der Waals surface area contributed by atoms with Crippen molar-refractivity contribution >= 4 is 16.9 Å². The van der Waals surface area contributed by atoms with Crippen molar-refractivity contribution in [3.63, 3.8) is 0 Å². The lowest BCUT2D eigenvalue weighted by atomic mass is 9.92. The highest BCUT2D eigenvalue weighted by atomic mass is 32.2. The van der Waals surface area contributed by atoms with Gasteiger partial charge in [-0.05, 0) is 50.8 Å². The van der Waals surface area contributed by atoms with Crippen LogP contribution in [0.4, 0.5) is 0 Å². The van der Waals surface area contributed by atoms with Gasteiger partial charge in [0.05, 0.1) is 17.5 Å². The first-order valence-corrected chi connectivity index (χ1v) is 8.52. The van der Waals surface area contributed by atoms with Gasteiger partial charge in [-0.25, -0.2) is 0 Å². The van der Waals surface area contributed by atoms with Crippen molar-refractivity contribution in [2.75, 3.05) is 19.8 Å². The van der Waals surface area contributed by atoms with E-state index in [-0.39, 0.29) is 0 Å². The molecular weight excluding hydrogens is 260 g/mol. The molecule has 19 heavy (non-hydrogen) atoms. The molecular formula is C14H25N2O2S+.